The van der Waals surface area contributed by atoms with Crippen molar-refractivity contribution in [1.29, 1.82) is 0 Å². The van der Waals surface area contributed by atoms with Gasteiger partial charge in [-0.2, -0.15) is 0 Å². The number of carbonyl (C=O) groups is 1. The van der Waals surface area contributed by atoms with Gasteiger partial charge in [0, 0.05) is 19.3 Å². The summed E-state index contributed by atoms with van der Waals surface area (Å²) in [6.45, 7) is 1.00. The molecular weight excluding hydrogens is 364 g/mol. The average Bonchev–Trinajstić information content (AvgIpc) is 3.36. The zero-order valence-electron chi connectivity index (χ0n) is 14.9. The van der Waals surface area contributed by atoms with Gasteiger partial charge in [-0.25, -0.2) is 9.97 Å². The highest BCUT2D eigenvalue weighted by molar-refractivity contribution is 7.16. The van der Waals surface area contributed by atoms with Crippen molar-refractivity contribution in [3.05, 3.63) is 42.0 Å². The summed E-state index contributed by atoms with van der Waals surface area (Å²) in [5.74, 6) is 1.50. The zero-order valence-corrected chi connectivity index (χ0v) is 15.7. The minimum Gasteiger partial charge on any atom is -0.468 e. The van der Waals surface area contributed by atoms with Gasteiger partial charge >= 0.3 is 0 Å². The van der Waals surface area contributed by atoms with Gasteiger partial charge < -0.3 is 19.7 Å². The van der Waals surface area contributed by atoms with Gasteiger partial charge in [-0.05, 0) is 48.6 Å². The normalized spacial score (nSPS) is 16.6. The van der Waals surface area contributed by atoms with E-state index in [1.54, 1.807) is 36.9 Å². The smallest absolute Gasteiger partial charge is 0.247 e. The number of hydrogen-bond acceptors (Lipinski definition) is 7. The van der Waals surface area contributed by atoms with Crippen LogP contribution in [0, 0.1) is 0 Å². The molecule has 0 aliphatic carbocycles. The Hall–Kier alpha value is -2.71. The highest BCUT2D eigenvalue weighted by atomic mass is 32.1. The van der Waals surface area contributed by atoms with Crippen molar-refractivity contribution in [2.75, 3.05) is 30.7 Å². The van der Waals surface area contributed by atoms with Crippen molar-refractivity contribution in [1.82, 2.24) is 9.97 Å². The van der Waals surface area contributed by atoms with Crippen molar-refractivity contribution < 1.29 is 14.3 Å². The Labute approximate surface area is 160 Å². The van der Waals surface area contributed by atoms with E-state index in [2.05, 4.69) is 20.2 Å². The number of hydrogen-bond donors (Lipinski definition) is 1. The van der Waals surface area contributed by atoms with Gasteiger partial charge in [0.05, 0.1) is 5.39 Å². The molecule has 3 aromatic rings. The number of nitrogens with zero attached hydrogens (tertiary/aromatic N) is 3. The van der Waals surface area contributed by atoms with E-state index in [-0.39, 0.29) is 18.7 Å². The molecule has 0 bridgehead atoms. The summed E-state index contributed by atoms with van der Waals surface area (Å²) in [6.07, 6.45) is 3.33. The van der Waals surface area contributed by atoms with Crippen LogP contribution in [-0.4, -0.2) is 42.4 Å². The SMILES string of the molecule is COCOc1ccc(NC(=O)[C@@H]2CCCN2c2ncnc3sccc23)cc1. The van der Waals surface area contributed by atoms with Crippen molar-refractivity contribution in [3.63, 3.8) is 0 Å². The fourth-order valence-electron chi connectivity index (χ4n) is 3.29. The first-order valence-electron chi connectivity index (χ1n) is 8.74. The van der Waals surface area contributed by atoms with Crippen LogP contribution in [0.15, 0.2) is 42.0 Å². The van der Waals surface area contributed by atoms with Gasteiger partial charge in [0.1, 0.15) is 28.8 Å². The van der Waals surface area contributed by atoms with E-state index in [0.29, 0.717) is 5.75 Å². The molecule has 1 saturated heterocycles. The van der Waals surface area contributed by atoms with E-state index in [1.165, 1.54) is 0 Å². The molecule has 3 heterocycles. The lowest BCUT2D eigenvalue weighted by Gasteiger charge is -2.25. The van der Waals surface area contributed by atoms with Crippen LogP contribution >= 0.6 is 11.3 Å². The van der Waals surface area contributed by atoms with Crippen LogP contribution in [0.4, 0.5) is 11.5 Å². The van der Waals surface area contributed by atoms with Crippen LogP contribution in [0.5, 0.6) is 5.75 Å². The Kier molecular flexibility index (Phi) is 5.17. The molecule has 0 saturated carbocycles. The third-order valence-electron chi connectivity index (χ3n) is 4.53. The summed E-state index contributed by atoms with van der Waals surface area (Å²) in [5.41, 5.74) is 0.736. The predicted octanol–water partition coefficient (Wildman–Crippen LogP) is 3.28. The molecule has 0 spiro atoms. The molecule has 1 fully saturated rings. The fraction of sp³-hybridized carbons (Fsp3) is 0.316. The number of benzene rings is 1. The summed E-state index contributed by atoms with van der Waals surface area (Å²) in [5, 5.41) is 6.00. The van der Waals surface area contributed by atoms with Crippen molar-refractivity contribution in [3.8, 4) is 5.75 Å². The molecule has 0 unspecified atom stereocenters. The highest BCUT2D eigenvalue weighted by Gasteiger charge is 2.32. The van der Waals surface area contributed by atoms with Gasteiger partial charge in [0.15, 0.2) is 6.79 Å². The first-order valence-corrected chi connectivity index (χ1v) is 9.62. The highest BCUT2D eigenvalue weighted by Crippen LogP contribution is 2.32. The van der Waals surface area contributed by atoms with E-state index < -0.39 is 0 Å². The summed E-state index contributed by atoms with van der Waals surface area (Å²) in [6, 6.07) is 9.03. The van der Waals surface area contributed by atoms with Gasteiger partial charge in [0.2, 0.25) is 5.91 Å². The molecule has 7 nitrogen and oxygen atoms in total. The Morgan fingerprint density at radius 3 is 2.96 bits per heavy atom. The molecule has 1 amide bonds. The molecule has 8 heteroatoms. The second-order valence-electron chi connectivity index (χ2n) is 6.25. The molecule has 1 aliphatic rings. The van der Waals surface area contributed by atoms with Crippen LogP contribution in [0.1, 0.15) is 12.8 Å². The van der Waals surface area contributed by atoms with Crippen LogP contribution in [-0.2, 0) is 9.53 Å². The summed E-state index contributed by atoms with van der Waals surface area (Å²) < 4.78 is 10.2. The molecule has 2 aromatic heterocycles. The largest absolute Gasteiger partial charge is 0.468 e. The quantitative estimate of drug-likeness (QED) is 0.657. The summed E-state index contributed by atoms with van der Waals surface area (Å²) in [4.78, 5) is 24.7. The van der Waals surface area contributed by atoms with Crippen LogP contribution in [0.25, 0.3) is 10.2 Å². The number of fused-ring (bicyclic) bond motifs is 1. The lowest BCUT2D eigenvalue weighted by molar-refractivity contribution is -0.117. The van der Waals surface area contributed by atoms with Crippen molar-refractivity contribution in [2.24, 2.45) is 0 Å². The molecule has 1 aromatic carbocycles. The lowest BCUT2D eigenvalue weighted by Crippen LogP contribution is -2.40. The van der Waals surface area contributed by atoms with Gasteiger partial charge in [-0.15, -0.1) is 11.3 Å². The van der Waals surface area contributed by atoms with E-state index in [0.717, 1.165) is 41.1 Å². The van der Waals surface area contributed by atoms with Gasteiger partial charge in [0.25, 0.3) is 0 Å². The molecule has 0 radical (unpaired) electrons. The van der Waals surface area contributed by atoms with Crippen LogP contribution in [0.2, 0.25) is 0 Å². The number of thiophene rings is 1. The van der Waals surface area contributed by atoms with Gasteiger partial charge in [-0.3, -0.25) is 4.79 Å². The molecule has 140 valence electrons. The topological polar surface area (TPSA) is 76.6 Å². The molecule has 4 rings (SSSR count). The first kappa shape index (κ1) is 17.7. The molecule has 27 heavy (non-hydrogen) atoms. The van der Waals surface area contributed by atoms with E-state index >= 15 is 0 Å². The molecule has 1 atom stereocenters. The summed E-state index contributed by atoms with van der Waals surface area (Å²) >= 11 is 1.58. The molecular formula is C19H20N4O3S. The number of ether oxygens (including phenoxy) is 2. The second kappa shape index (κ2) is 7.89. The number of nitrogens with one attached hydrogen (secondary N) is 1. The van der Waals surface area contributed by atoms with E-state index in [9.17, 15) is 4.79 Å². The first-order chi connectivity index (χ1) is 13.3. The Bertz CT molecular complexity index is 928. The zero-order chi connectivity index (χ0) is 18.6. The monoisotopic (exact) mass is 384 g/mol. The Balaban J connectivity index is 1.49. The van der Waals surface area contributed by atoms with Crippen LogP contribution in [0.3, 0.4) is 0 Å². The maximum atomic E-state index is 12.9. The van der Waals surface area contributed by atoms with Crippen molar-refractivity contribution >= 4 is 39.0 Å². The van der Waals surface area contributed by atoms with E-state index in [1.807, 2.05) is 23.6 Å². The number of rotatable bonds is 6. The molecule has 1 N–H and O–H groups in total. The number of carbonyl (C=O) groups excluding carboxylic acids is 1. The van der Waals surface area contributed by atoms with E-state index in [4.69, 9.17) is 9.47 Å². The second-order valence-corrected chi connectivity index (χ2v) is 7.15. The maximum Gasteiger partial charge on any atom is 0.247 e. The minimum absolute atomic E-state index is 0.0277. The minimum atomic E-state index is -0.243. The average molecular weight is 384 g/mol. The predicted molar refractivity (Wildman–Crippen MR) is 105 cm³/mol. The Morgan fingerprint density at radius 2 is 2.15 bits per heavy atom. The maximum absolute atomic E-state index is 12.9. The number of anilines is 2. The number of methoxy groups -OCH3 is 1. The fourth-order valence-corrected chi connectivity index (χ4v) is 4.01. The van der Waals surface area contributed by atoms with Crippen molar-refractivity contribution in [2.45, 2.75) is 18.9 Å². The number of aromatic nitrogens is 2. The summed E-state index contributed by atoms with van der Waals surface area (Å²) in [7, 11) is 1.57. The third-order valence-corrected chi connectivity index (χ3v) is 5.35. The van der Waals surface area contributed by atoms with Crippen LogP contribution < -0.4 is 15.0 Å². The van der Waals surface area contributed by atoms with Gasteiger partial charge in [-0.1, -0.05) is 0 Å². The lowest BCUT2D eigenvalue weighted by atomic mass is 10.2. The standard InChI is InChI=1S/C19H20N4O3S/c1-25-12-26-14-6-4-13(5-7-14)22-18(24)16-3-2-9-23(16)17-15-8-10-27-19(15)21-11-20-17/h4-8,10-11,16H,2-3,9,12H2,1H3,(H,22,24)/t16-/m0/s1. The Morgan fingerprint density at radius 1 is 1.30 bits per heavy atom. The number of amides is 1. The molecule has 1 aliphatic heterocycles. The third kappa shape index (κ3) is 3.72.